The summed E-state index contributed by atoms with van der Waals surface area (Å²) < 4.78 is 9.94. The van der Waals surface area contributed by atoms with Gasteiger partial charge < -0.3 is 24.8 Å². The fourth-order valence-electron chi connectivity index (χ4n) is 2.25. The first-order valence-electron chi connectivity index (χ1n) is 6.84. The van der Waals surface area contributed by atoms with E-state index in [1.165, 1.54) is 19.1 Å². The molecule has 0 unspecified atom stereocenters. The number of nitrogens with zero attached hydrogens (tertiary/aromatic N) is 1. The van der Waals surface area contributed by atoms with Gasteiger partial charge in [-0.05, 0) is 12.1 Å². The van der Waals surface area contributed by atoms with Crippen LogP contribution in [-0.4, -0.2) is 55.8 Å². The quantitative estimate of drug-likeness (QED) is 0.752. The summed E-state index contributed by atoms with van der Waals surface area (Å²) in [5.74, 6) is -0.562. The van der Waals surface area contributed by atoms with Crippen molar-refractivity contribution in [3.63, 3.8) is 0 Å². The molecular weight excluding hydrogens is 324 g/mol. The molecule has 0 aliphatic carbocycles. The third-order valence-electron chi connectivity index (χ3n) is 3.38. The minimum absolute atomic E-state index is 0.0737. The Bertz CT molecular complexity index is 659. The Morgan fingerprint density at radius 3 is 2.78 bits per heavy atom. The summed E-state index contributed by atoms with van der Waals surface area (Å²) in [7, 11) is 2.72. The molecule has 0 saturated heterocycles. The SMILES string of the molecule is COC(=O)C1=C(Nc2ccc(Cl)cc2OC)C(=O)N(CCO)C1. The summed E-state index contributed by atoms with van der Waals surface area (Å²) in [6, 6.07) is 4.87. The maximum Gasteiger partial charge on any atom is 0.337 e. The molecule has 1 aromatic carbocycles. The normalized spacial score (nSPS) is 14.3. The van der Waals surface area contributed by atoms with E-state index in [0.29, 0.717) is 16.5 Å². The highest BCUT2D eigenvalue weighted by molar-refractivity contribution is 6.30. The van der Waals surface area contributed by atoms with E-state index in [4.69, 9.17) is 26.2 Å². The Labute approximate surface area is 138 Å². The molecule has 1 aliphatic rings. The Hall–Kier alpha value is -2.25. The van der Waals surface area contributed by atoms with Crippen LogP contribution >= 0.6 is 11.6 Å². The average molecular weight is 341 g/mol. The molecule has 8 heteroatoms. The molecule has 0 spiro atoms. The maximum absolute atomic E-state index is 12.4. The molecule has 7 nitrogen and oxygen atoms in total. The first-order valence-corrected chi connectivity index (χ1v) is 7.21. The van der Waals surface area contributed by atoms with Crippen LogP contribution in [0.1, 0.15) is 0 Å². The molecule has 0 atom stereocenters. The second kappa shape index (κ2) is 7.34. The first-order chi connectivity index (χ1) is 11.0. The van der Waals surface area contributed by atoms with E-state index >= 15 is 0 Å². The zero-order valence-electron chi connectivity index (χ0n) is 12.8. The fraction of sp³-hybridized carbons (Fsp3) is 0.333. The highest BCUT2D eigenvalue weighted by atomic mass is 35.5. The molecule has 2 rings (SSSR count). The molecule has 2 N–H and O–H groups in total. The summed E-state index contributed by atoms with van der Waals surface area (Å²) in [5.41, 5.74) is 0.793. The Kier molecular flexibility index (Phi) is 5.46. The highest BCUT2D eigenvalue weighted by Crippen LogP contribution is 2.31. The number of rotatable bonds is 6. The van der Waals surface area contributed by atoms with Crippen LogP contribution in [0, 0.1) is 0 Å². The summed E-state index contributed by atoms with van der Waals surface area (Å²) >= 11 is 5.91. The Balaban J connectivity index is 2.37. The van der Waals surface area contributed by atoms with Crippen molar-refractivity contribution in [3.8, 4) is 5.75 Å². The zero-order chi connectivity index (χ0) is 17.0. The molecule has 0 bridgehead atoms. The summed E-state index contributed by atoms with van der Waals surface area (Å²) in [6.45, 7) is 0.00427. The number of nitrogens with one attached hydrogen (secondary N) is 1. The summed E-state index contributed by atoms with van der Waals surface area (Å²) in [5, 5.41) is 12.4. The van der Waals surface area contributed by atoms with Crippen molar-refractivity contribution < 1.29 is 24.2 Å². The van der Waals surface area contributed by atoms with Crippen LogP contribution in [0.2, 0.25) is 5.02 Å². The van der Waals surface area contributed by atoms with Crippen LogP contribution in [0.5, 0.6) is 5.75 Å². The molecule has 23 heavy (non-hydrogen) atoms. The molecule has 0 saturated carbocycles. The average Bonchev–Trinajstić information content (AvgIpc) is 2.85. The number of ether oxygens (including phenoxy) is 2. The number of carbonyl (C=O) groups is 2. The van der Waals surface area contributed by atoms with Gasteiger partial charge >= 0.3 is 5.97 Å². The lowest BCUT2D eigenvalue weighted by atomic mass is 10.2. The molecular formula is C15H17ClN2O5. The van der Waals surface area contributed by atoms with Gasteiger partial charge in [-0.15, -0.1) is 0 Å². The summed E-state index contributed by atoms with van der Waals surface area (Å²) in [6.07, 6.45) is 0. The smallest absolute Gasteiger partial charge is 0.337 e. The van der Waals surface area contributed by atoms with Crippen molar-refractivity contribution in [2.75, 3.05) is 39.2 Å². The molecule has 0 aromatic heterocycles. The van der Waals surface area contributed by atoms with E-state index in [9.17, 15) is 9.59 Å². The van der Waals surface area contributed by atoms with Gasteiger partial charge in [0.15, 0.2) is 0 Å². The Morgan fingerprint density at radius 1 is 1.43 bits per heavy atom. The van der Waals surface area contributed by atoms with Gasteiger partial charge in [0.1, 0.15) is 11.4 Å². The van der Waals surface area contributed by atoms with E-state index < -0.39 is 11.9 Å². The van der Waals surface area contributed by atoms with Crippen molar-refractivity contribution in [1.82, 2.24) is 4.90 Å². The number of esters is 1. The highest BCUT2D eigenvalue weighted by Gasteiger charge is 2.34. The number of β-amino-alcohol motifs (C(OH)–C–C–N with tert-alkyl or cyclic N) is 1. The van der Waals surface area contributed by atoms with E-state index in [1.54, 1.807) is 18.2 Å². The monoisotopic (exact) mass is 340 g/mol. The molecule has 1 heterocycles. The number of hydrogen-bond acceptors (Lipinski definition) is 6. The number of hydrogen-bond donors (Lipinski definition) is 2. The molecule has 0 radical (unpaired) electrons. The van der Waals surface area contributed by atoms with E-state index in [-0.39, 0.29) is 31.0 Å². The lowest BCUT2D eigenvalue weighted by Gasteiger charge is -2.15. The van der Waals surface area contributed by atoms with Gasteiger partial charge in [0.05, 0.1) is 38.6 Å². The summed E-state index contributed by atoms with van der Waals surface area (Å²) in [4.78, 5) is 25.7. The second-order valence-corrected chi connectivity index (χ2v) is 5.20. The number of anilines is 1. The standard InChI is InChI=1S/C15H17ClN2O5/c1-22-12-7-9(16)3-4-11(12)17-13-10(15(21)23-2)8-18(5-6-19)14(13)20/h3-4,7,17,19H,5-6,8H2,1-2H3. The Morgan fingerprint density at radius 2 is 2.17 bits per heavy atom. The predicted octanol–water partition coefficient (Wildman–Crippen LogP) is 1.02. The largest absolute Gasteiger partial charge is 0.495 e. The fourth-order valence-corrected chi connectivity index (χ4v) is 2.41. The number of carbonyl (C=O) groups excluding carboxylic acids is 2. The maximum atomic E-state index is 12.4. The van der Waals surface area contributed by atoms with Gasteiger partial charge in [-0.25, -0.2) is 4.79 Å². The topological polar surface area (TPSA) is 88.1 Å². The van der Waals surface area contributed by atoms with E-state index in [2.05, 4.69) is 5.32 Å². The van der Waals surface area contributed by atoms with Crippen molar-refractivity contribution in [2.45, 2.75) is 0 Å². The van der Waals surface area contributed by atoms with Crippen molar-refractivity contribution in [2.24, 2.45) is 0 Å². The number of benzene rings is 1. The van der Waals surface area contributed by atoms with Crippen LogP contribution < -0.4 is 10.1 Å². The minimum atomic E-state index is -0.603. The number of methoxy groups -OCH3 is 2. The van der Waals surface area contributed by atoms with Gasteiger partial charge in [-0.1, -0.05) is 11.6 Å². The number of halogens is 1. The van der Waals surface area contributed by atoms with Gasteiger partial charge in [-0.3, -0.25) is 4.79 Å². The van der Waals surface area contributed by atoms with Crippen LogP contribution in [0.25, 0.3) is 0 Å². The number of amides is 1. The van der Waals surface area contributed by atoms with Crippen molar-refractivity contribution in [1.29, 1.82) is 0 Å². The predicted molar refractivity (Wildman–Crippen MR) is 84.3 cm³/mol. The molecule has 0 fully saturated rings. The molecule has 1 amide bonds. The third kappa shape index (κ3) is 3.57. The van der Waals surface area contributed by atoms with Crippen LogP contribution in [0.4, 0.5) is 5.69 Å². The number of aliphatic hydroxyl groups excluding tert-OH is 1. The molecule has 1 aliphatic heterocycles. The third-order valence-corrected chi connectivity index (χ3v) is 3.61. The van der Waals surface area contributed by atoms with Crippen LogP contribution in [0.3, 0.4) is 0 Å². The van der Waals surface area contributed by atoms with Gasteiger partial charge in [0, 0.05) is 17.6 Å². The van der Waals surface area contributed by atoms with Crippen LogP contribution in [0.15, 0.2) is 29.5 Å². The van der Waals surface area contributed by atoms with E-state index in [0.717, 1.165) is 0 Å². The van der Waals surface area contributed by atoms with Gasteiger partial charge in [0.2, 0.25) is 0 Å². The van der Waals surface area contributed by atoms with Gasteiger partial charge in [-0.2, -0.15) is 0 Å². The van der Waals surface area contributed by atoms with Crippen molar-refractivity contribution in [3.05, 3.63) is 34.5 Å². The lowest BCUT2D eigenvalue weighted by Crippen LogP contribution is -2.31. The van der Waals surface area contributed by atoms with Crippen molar-refractivity contribution >= 4 is 29.2 Å². The second-order valence-electron chi connectivity index (χ2n) is 4.77. The van der Waals surface area contributed by atoms with Gasteiger partial charge in [0.25, 0.3) is 5.91 Å². The molecule has 1 aromatic rings. The number of aliphatic hydroxyl groups is 1. The molecule has 124 valence electrons. The zero-order valence-corrected chi connectivity index (χ0v) is 13.5. The first kappa shape index (κ1) is 17.1. The lowest BCUT2D eigenvalue weighted by molar-refractivity contribution is -0.136. The van der Waals surface area contributed by atoms with E-state index in [1.807, 2.05) is 0 Å². The van der Waals surface area contributed by atoms with Crippen LogP contribution in [-0.2, 0) is 14.3 Å². The minimum Gasteiger partial charge on any atom is -0.495 e.